The highest BCUT2D eigenvalue weighted by molar-refractivity contribution is 6.01. The molecule has 0 fully saturated rings. The van der Waals surface area contributed by atoms with Gasteiger partial charge in [-0.05, 0) is 35.9 Å². The average Bonchev–Trinajstić information content (AvgIpc) is 2.79. The van der Waals surface area contributed by atoms with Gasteiger partial charge in [0, 0.05) is 12.1 Å². The molecule has 2 aromatic rings. The van der Waals surface area contributed by atoms with Crippen molar-refractivity contribution in [1.29, 1.82) is 0 Å². The van der Waals surface area contributed by atoms with Crippen LogP contribution in [0.2, 0.25) is 0 Å². The summed E-state index contributed by atoms with van der Waals surface area (Å²) in [6.45, 7) is -0.429. The van der Waals surface area contributed by atoms with Crippen molar-refractivity contribution < 1.29 is 38.0 Å². The molecule has 0 atom stereocenters. The van der Waals surface area contributed by atoms with Gasteiger partial charge < -0.3 is 28.4 Å². The molecule has 2 aromatic carbocycles. The number of carbonyl (C=O) groups excluding carboxylic acids is 2. The van der Waals surface area contributed by atoms with E-state index in [1.165, 1.54) is 47.7 Å². The van der Waals surface area contributed by atoms with Crippen molar-refractivity contribution in [3.05, 3.63) is 47.5 Å². The lowest BCUT2D eigenvalue weighted by molar-refractivity contribution is -0.136. The number of hydrogen-bond acceptors (Lipinski definition) is 8. The highest BCUT2D eigenvalue weighted by Crippen LogP contribution is 2.38. The second kappa shape index (κ2) is 10.8. The van der Waals surface area contributed by atoms with Crippen LogP contribution in [0, 0.1) is 0 Å². The largest absolute Gasteiger partial charge is 0.497 e. The number of Topliss-reactive ketones (excluding diaryl/α,β-unsaturated/α-hetero) is 1. The van der Waals surface area contributed by atoms with E-state index in [2.05, 4.69) is 0 Å². The minimum absolute atomic E-state index is 0.291. The molecular formula is C22H24O8. The summed E-state index contributed by atoms with van der Waals surface area (Å²) in [5.41, 5.74) is 0.921. The Labute approximate surface area is 174 Å². The summed E-state index contributed by atoms with van der Waals surface area (Å²) in [5.74, 6) is 1.16. The van der Waals surface area contributed by atoms with Gasteiger partial charge in [-0.25, -0.2) is 4.79 Å². The van der Waals surface area contributed by atoms with Crippen molar-refractivity contribution in [3.63, 3.8) is 0 Å². The lowest BCUT2D eigenvalue weighted by Crippen LogP contribution is -2.13. The summed E-state index contributed by atoms with van der Waals surface area (Å²) >= 11 is 0. The van der Waals surface area contributed by atoms with Gasteiger partial charge in [-0.3, -0.25) is 4.79 Å². The molecule has 0 amide bonds. The van der Waals surface area contributed by atoms with Crippen LogP contribution in [0.1, 0.15) is 15.9 Å². The topological polar surface area (TPSA) is 89.5 Å². The molecular weight excluding hydrogens is 392 g/mol. The minimum Gasteiger partial charge on any atom is -0.497 e. The predicted molar refractivity (Wildman–Crippen MR) is 110 cm³/mol. The zero-order chi connectivity index (χ0) is 22.1. The van der Waals surface area contributed by atoms with Gasteiger partial charge in [-0.15, -0.1) is 0 Å². The van der Waals surface area contributed by atoms with Crippen LogP contribution in [-0.4, -0.2) is 53.9 Å². The Hall–Kier alpha value is -3.68. The molecule has 0 saturated carbocycles. The number of esters is 1. The summed E-state index contributed by atoms with van der Waals surface area (Å²) in [6.07, 6.45) is 2.73. The first kappa shape index (κ1) is 22.6. The van der Waals surface area contributed by atoms with E-state index in [0.29, 0.717) is 39.9 Å². The maximum atomic E-state index is 12.4. The molecule has 0 spiro atoms. The molecule has 30 heavy (non-hydrogen) atoms. The molecule has 0 unspecified atom stereocenters. The zero-order valence-corrected chi connectivity index (χ0v) is 17.5. The van der Waals surface area contributed by atoms with Crippen molar-refractivity contribution in [3.8, 4) is 28.7 Å². The third kappa shape index (κ3) is 5.44. The van der Waals surface area contributed by atoms with Gasteiger partial charge in [0.25, 0.3) is 0 Å². The second-order valence-corrected chi connectivity index (χ2v) is 5.89. The van der Waals surface area contributed by atoms with Crippen molar-refractivity contribution in [1.82, 2.24) is 0 Å². The number of rotatable bonds is 10. The molecule has 0 heterocycles. The highest BCUT2D eigenvalue weighted by atomic mass is 16.5. The molecule has 8 nitrogen and oxygen atoms in total. The quantitative estimate of drug-likeness (QED) is 0.331. The van der Waals surface area contributed by atoms with E-state index < -0.39 is 18.4 Å². The summed E-state index contributed by atoms with van der Waals surface area (Å²) < 4.78 is 31.1. The standard InChI is InChI=1S/C22H24O8/c1-25-15-7-8-16(18(12-15)26-2)17(23)13-30-21(24)9-6-14-10-19(27-3)22(29-5)20(11-14)28-4/h6-12H,13H2,1-5H3/b9-6+. The fourth-order valence-electron chi connectivity index (χ4n) is 2.65. The first-order valence-electron chi connectivity index (χ1n) is 8.87. The van der Waals surface area contributed by atoms with Crippen LogP contribution in [0.15, 0.2) is 36.4 Å². The Kier molecular flexibility index (Phi) is 8.10. The Morgan fingerprint density at radius 1 is 0.800 bits per heavy atom. The SMILES string of the molecule is COc1ccc(C(=O)COC(=O)/C=C/c2cc(OC)c(OC)c(OC)c2)c(OC)c1. The van der Waals surface area contributed by atoms with E-state index in [-0.39, 0.29) is 0 Å². The first-order valence-corrected chi connectivity index (χ1v) is 8.87. The van der Waals surface area contributed by atoms with Crippen molar-refractivity contribution >= 4 is 17.8 Å². The highest BCUT2D eigenvalue weighted by Gasteiger charge is 2.15. The number of benzene rings is 2. The Morgan fingerprint density at radius 3 is 1.97 bits per heavy atom. The monoisotopic (exact) mass is 416 g/mol. The molecule has 0 bridgehead atoms. The van der Waals surface area contributed by atoms with Gasteiger partial charge in [0.1, 0.15) is 11.5 Å². The molecule has 0 radical (unpaired) electrons. The first-order chi connectivity index (χ1) is 14.5. The Bertz CT molecular complexity index is 908. The molecule has 0 aliphatic rings. The third-order valence-corrected chi connectivity index (χ3v) is 4.15. The van der Waals surface area contributed by atoms with E-state index in [4.69, 9.17) is 28.4 Å². The van der Waals surface area contributed by atoms with Gasteiger partial charge in [0.15, 0.2) is 18.1 Å². The van der Waals surface area contributed by atoms with Crippen LogP contribution < -0.4 is 23.7 Å². The molecule has 0 aromatic heterocycles. The molecule has 2 rings (SSSR count). The van der Waals surface area contributed by atoms with Gasteiger partial charge in [0.05, 0.1) is 41.1 Å². The van der Waals surface area contributed by atoms with E-state index in [1.54, 1.807) is 30.3 Å². The number of ether oxygens (including phenoxy) is 6. The van der Waals surface area contributed by atoms with Gasteiger partial charge in [-0.1, -0.05) is 0 Å². The lowest BCUT2D eigenvalue weighted by Gasteiger charge is -2.12. The summed E-state index contributed by atoms with van der Waals surface area (Å²) in [7, 11) is 7.45. The summed E-state index contributed by atoms with van der Waals surface area (Å²) in [4.78, 5) is 24.4. The number of carbonyl (C=O) groups is 2. The predicted octanol–water partition coefficient (Wildman–Crippen LogP) is 3.17. The van der Waals surface area contributed by atoms with Gasteiger partial charge in [0.2, 0.25) is 11.5 Å². The number of methoxy groups -OCH3 is 5. The molecule has 0 N–H and O–H groups in total. The van der Waals surface area contributed by atoms with E-state index in [9.17, 15) is 9.59 Å². The fraction of sp³-hybridized carbons (Fsp3) is 0.273. The zero-order valence-electron chi connectivity index (χ0n) is 17.5. The molecule has 0 aliphatic heterocycles. The Balaban J connectivity index is 2.06. The third-order valence-electron chi connectivity index (χ3n) is 4.15. The number of ketones is 1. The fourth-order valence-corrected chi connectivity index (χ4v) is 2.65. The molecule has 8 heteroatoms. The normalized spacial score (nSPS) is 10.4. The number of hydrogen-bond donors (Lipinski definition) is 0. The smallest absolute Gasteiger partial charge is 0.331 e. The van der Waals surface area contributed by atoms with Gasteiger partial charge >= 0.3 is 5.97 Å². The van der Waals surface area contributed by atoms with Crippen LogP contribution in [0.25, 0.3) is 6.08 Å². The average molecular weight is 416 g/mol. The Morgan fingerprint density at radius 2 is 1.43 bits per heavy atom. The summed E-state index contributed by atoms with van der Waals surface area (Å²) in [6, 6.07) is 8.12. The molecule has 160 valence electrons. The van der Waals surface area contributed by atoms with Gasteiger partial charge in [-0.2, -0.15) is 0 Å². The van der Waals surface area contributed by atoms with Crippen LogP contribution in [0.4, 0.5) is 0 Å². The van der Waals surface area contributed by atoms with E-state index in [0.717, 1.165) is 0 Å². The lowest BCUT2D eigenvalue weighted by atomic mass is 10.1. The van der Waals surface area contributed by atoms with Crippen LogP contribution in [0.3, 0.4) is 0 Å². The maximum absolute atomic E-state index is 12.4. The molecule has 0 saturated heterocycles. The van der Waals surface area contributed by atoms with Crippen molar-refractivity contribution in [2.45, 2.75) is 0 Å². The van der Waals surface area contributed by atoms with Crippen molar-refractivity contribution in [2.24, 2.45) is 0 Å². The maximum Gasteiger partial charge on any atom is 0.331 e. The van der Waals surface area contributed by atoms with Crippen LogP contribution in [-0.2, 0) is 9.53 Å². The van der Waals surface area contributed by atoms with Crippen LogP contribution >= 0.6 is 0 Å². The summed E-state index contributed by atoms with van der Waals surface area (Å²) in [5, 5.41) is 0. The second-order valence-electron chi connectivity index (χ2n) is 5.89. The molecule has 0 aliphatic carbocycles. The van der Waals surface area contributed by atoms with E-state index in [1.807, 2.05) is 0 Å². The minimum atomic E-state index is -0.676. The van der Waals surface area contributed by atoms with Crippen LogP contribution in [0.5, 0.6) is 28.7 Å². The van der Waals surface area contributed by atoms with Crippen molar-refractivity contribution in [2.75, 3.05) is 42.2 Å². The van der Waals surface area contributed by atoms with E-state index >= 15 is 0 Å².